The van der Waals surface area contributed by atoms with Crippen molar-refractivity contribution in [1.29, 1.82) is 0 Å². The van der Waals surface area contributed by atoms with Crippen LogP contribution in [0.4, 0.5) is 45.5 Å². The van der Waals surface area contributed by atoms with E-state index in [1.807, 2.05) is 0 Å². The molecule has 1 saturated carbocycles. The van der Waals surface area contributed by atoms with Gasteiger partial charge in [0.1, 0.15) is 0 Å². The minimum atomic E-state index is -0.245. The molecule has 0 bridgehead atoms. The minimum Gasteiger partial charge on any atom is -0.334 e. The van der Waals surface area contributed by atoms with E-state index in [1.54, 1.807) is 0 Å². The largest absolute Gasteiger partial charge is 0.334 e. The van der Waals surface area contributed by atoms with E-state index in [-0.39, 0.29) is 50.2 Å². The molecule has 7 aromatic carbocycles. The van der Waals surface area contributed by atoms with Crippen LogP contribution in [0.2, 0.25) is 0 Å². The highest BCUT2D eigenvalue weighted by molar-refractivity contribution is 7.00. The molecule has 0 aromatic heterocycles. The van der Waals surface area contributed by atoms with Gasteiger partial charge in [0.2, 0.25) is 0 Å². The Labute approximate surface area is 464 Å². The highest BCUT2D eigenvalue weighted by atomic mass is 15.3. The second kappa shape index (κ2) is 16.5. The number of anilines is 8. The van der Waals surface area contributed by atoms with Gasteiger partial charge in [0.05, 0.1) is 11.2 Å². The summed E-state index contributed by atoms with van der Waals surface area (Å²) in [6, 6.07) is 51.4. The average Bonchev–Trinajstić information content (AvgIpc) is 3.79. The number of hydrogen-bond acceptors (Lipinski definition) is 3. The number of hydrogen-bond donors (Lipinski definition) is 0. The van der Waals surface area contributed by atoms with Crippen LogP contribution in [0.25, 0.3) is 11.1 Å². The first kappa shape index (κ1) is 51.7. The first-order chi connectivity index (χ1) is 35.9. The van der Waals surface area contributed by atoms with E-state index < -0.39 is 0 Å². The van der Waals surface area contributed by atoms with E-state index in [9.17, 15) is 0 Å². The molecule has 0 spiro atoms. The third kappa shape index (κ3) is 7.48. The van der Waals surface area contributed by atoms with Gasteiger partial charge in [-0.15, -0.1) is 0 Å². The molecule has 7 aromatic rings. The zero-order valence-electron chi connectivity index (χ0n) is 50.4. The topological polar surface area (TPSA) is 9.72 Å². The Hall–Kier alpha value is -6.00. The molecule has 3 heterocycles. The van der Waals surface area contributed by atoms with E-state index in [2.05, 4.69) is 274 Å². The highest BCUT2D eigenvalue weighted by Crippen LogP contribution is 2.71. The van der Waals surface area contributed by atoms with Gasteiger partial charge in [-0.05, 0) is 200 Å². The fraction of sp³-hybridized carbons (Fsp3) is 0.425. The molecule has 3 aliphatic heterocycles. The molecule has 0 N–H and O–H groups in total. The van der Waals surface area contributed by atoms with Gasteiger partial charge in [-0.2, -0.15) is 0 Å². The van der Waals surface area contributed by atoms with Crippen LogP contribution >= 0.6 is 0 Å². The van der Waals surface area contributed by atoms with Gasteiger partial charge in [0.15, 0.2) is 0 Å². The predicted octanol–water partition coefficient (Wildman–Crippen LogP) is 18.1. The second-order valence-electron chi connectivity index (χ2n) is 30.1. The Morgan fingerprint density at radius 1 is 0.455 bits per heavy atom. The Morgan fingerprint density at radius 2 is 0.987 bits per heavy atom. The lowest BCUT2D eigenvalue weighted by Gasteiger charge is -2.65. The summed E-state index contributed by atoms with van der Waals surface area (Å²) in [5, 5.41) is 0. The molecular formula is C73H86BN3. The van der Waals surface area contributed by atoms with Gasteiger partial charge in [0, 0.05) is 50.8 Å². The van der Waals surface area contributed by atoms with Gasteiger partial charge < -0.3 is 14.7 Å². The molecule has 5 aliphatic rings. The van der Waals surface area contributed by atoms with Gasteiger partial charge >= 0.3 is 0 Å². The number of rotatable bonds is 4. The smallest absolute Gasteiger partial charge is 0.252 e. The Balaban J connectivity index is 1.17. The quantitative estimate of drug-likeness (QED) is 0.163. The maximum absolute atomic E-state index is 2.85. The van der Waals surface area contributed by atoms with Crippen molar-refractivity contribution in [3.63, 3.8) is 0 Å². The molecule has 0 radical (unpaired) electrons. The van der Waals surface area contributed by atoms with E-state index >= 15 is 0 Å². The molecule has 2 atom stereocenters. The molecule has 0 saturated heterocycles. The van der Waals surface area contributed by atoms with Gasteiger partial charge in [0.25, 0.3) is 6.71 Å². The standard InChI is InChI=1S/C73H86BN3/c1-45-35-63-65-64(36-45)76(59-31-26-51(67(6,7)8)40-54(59)47-23-21-20-22-24-47)61-39-49-44-69(12,13)43-48(49)38-57(61)74(65)56-29-28-53(42-62(56)75(63)58-30-25-50(37-46(58)2)66(3,4)5)77-60-32-27-52(68(9,10)11)41-55(60)72(18)70(14,15)33-34-71(16,17)73(72,77)19/h20-32,35-42H,33-34,43-44H2,1-19H3. The van der Waals surface area contributed by atoms with Crippen molar-refractivity contribution in [2.45, 2.75) is 184 Å². The van der Waals surface area contributed by atoms with Crippen LogP contribution in [-0.2, 0) is 34.5 Å². The third-order valence-electron chi connectivity index (χ3n) is 20.7. The maximum atomic E-state index is 2.85. The first-order valence-corrected chi connectivity index (χ1v) is 29.2. The predicted molar refractivity (Wildman–Crippen MR) is 334 cm³/mol. The van der Waals surface area contributed by atoms with E-state index in [0.717, 1.165) is 19.3 Å². The molecule has 1 fully saturated rings. The fourth-order valence-corrected chi connectivity index (χ4v) is 15.6. The van der Waals surface area contributed by atoms with Gasteiger partial charge in [-0.3, -0.25) is 0 Å². The van der Waals surface area contributed by atoms with Crippen molar-refractivity contribution in [1.82, 2.24) is 0 Å². The number of benzene rings is 7. The molecule has 396 valence electrons. The molecule has 2 unspecified atom stereocenters. The van der Waals surface area contributed by atoms with E-state index in [0.29, 0.717) is 0 Å². The van der Waals surface area contributed by atoms with Gasteiger partial charge in [-0.25, -0.2) is 0 Å². The van der Waals surface area contributed by atoms with Crippen LogP contribution in [-0.4, -0.2) is 12.3 Å². The van der Waals surface area contributed by atoms with Crippen molar-refractivity contribution >= 4 is 68.6 Å². The Kier molecular flexibility index (Phi) is 11.1. The summed E-state index contributed by atoms with van der Waals surface area (Å²) in [4.78, 5) is 8.23. The van der Waals surface area contributed by atoms with Gasteiger partial charge in [-0.1, -0.05) is 184 Å². The van der Waals surface area contributed by atoms with E-state index in [4.69, 9.17) is 0 Å². The zero-order valence-corrected chi connectivity index (χ0v) is 50.4. The summed E-state index contributed by atoms with van der Waals surface area (Å²) in [6.07, 6.45) is 4.50. The SMILES string of the molecule is Cc1cc2c3c(c1)N(c1ccc(C(C)(C)C)cc1-c1ccccc1)c1cc4c(cc1B3c1ccc(N3c5ccc(C(C)(C)C)cc5C5(C)C(C)(C)CCC(C)(C)C35C)cc1N2c1ccc(C(C)(C)C)cc1C)CC(C)(C)C4. The molecular weight excluding hydrogens is 930 g/mol. The molecule has 3 nitrogen and oxygen atoms in total. The number of nitrogens with zero attached hydrogens (tertiary/aromatic N) is 3. The highest BCUT2D eigenvalue weighted by Gasteiger charge is 2.70. The van der Waals surface area contributed by atoms with Crippen LogP contribution in [0.5, 0.6) is 0 Å². The van der Waals surface area contributed by atoms with Crippen molar-refractivity contribution in [2.75, 3.05) is 14.7 Å². The molecule has 0 amide bonds. The average molecular weight is 1020 g/mol. The normalized spacial score (nSPS) is 21.5. The van der Waals surface area contributed by atoms with Crippen LogP contribution in [0.3, 0.4) is 0 Å². The van der Waals surface area contributed by atoms with Crippen molar-refractivity contribution in [3.05, 3.63) is 172 Å². The second-order valence-corrected chi connectivity index (χ2v) is 30.1. The van der Waals surface area contributed by atoms with Crippen molar-refractivity contribution in [3.8, 4) is 11.1 Å². The van der Waals surface area contributed by atoms with Crippen LogP contribution in [0, 0.1) is 30.1 Å². The molecule has 77 heavy (non-hydrogen) atoms. The van der Waals surface area contributed by atoms with Crippen LogP contribution < -0.4 is 31.1 Å². The molecule has 2 aliphatic carbocycles. The first-order valence-electron chi connectivity index (χ1n) is 29.2. The van der Waals surface area contributed by atoms with Crippen molar-refractivity contribution < 1.29 is 0 Å². The third-order valence-corrected chi connectivity index (χ3v) is 20.7. The minimum absolute atomic E-state index is 0.00459. The summed E-state index contributed by atoms with van der Waals surface area (Å²) < 4.78 is 0. The monoisotopic (exact) mass is 1020 g/mol. The number of aryl methyl sites for hydroxylation is 2. The lowest BCUT2D eigenvalue weighted by molar-refractivity contribution is -0.0415. The zero-order chi connectivity index (χ0) is 55.1. The summed E-state index contributed by atoms with van der Waals surface area (Å²) in [7, 11) is 0. The fourth-order valence-electron chi connectivity index (χ4n) is 15.6. The summed E-state index contributed by atoms with van der Waals surface area (Å²) >= 11 is 0. The Morgan fingerprint density at radius 3 is 1.60 bits per heavy atom. The van der Waals surface area contributed by atoms with Crippen LogP contribution in [0.1, 0.15) is 175 Å². The van der Waals surface area contributed by atoms with Crippen LogP contribution in [0.15, 0.2) is 127 Å². The summed E-state index contributed by atoms with van der Waals surface area (Å²) in [5.74, 6) is 0. The molecule has 4 heteroatoms. The summed E-state index contributed by atoms with van der Waals surface area (Å²) in [6.45, 7) is 46.3. The lowest BCUT2D eigenvalue weighted by atomic mass is 9.33. The summed E-state index contributed by atoms with van der Waals surface area (Å²) in [5.41, 5.74) is 27.9. The molecule has 12 rings (SSSR count). The lowest BCUT2D eigenvalue weighted by Crippen LogP contribution is -2.69. The van der Waals surface area contributed by atoms with Crippen molar-refractivity contribution in [2.24, 2.45) is 16.2 Å². The maximum Gasteiger partial charge on any atom is 0.252 e. The number of fused-ring (bicyclic) bond motifs is 8. The Bertz CT molecular complexity index is 3590. The van der Waals surface area contributed by atoms with E-state index in [1.165, 1.54) is 124 Å².